The van der Waals surface area contributed by atoms with Crippen molar-refractivity contribution in [3.05, 3.63) is 35.1 Å². The highest BCUT2D eigenvalue weighted by atomic mass is 19.4. The number of amides is 1. The quantitative estimate of drug-likeness (QED) is 0.747. The minimum absolute atomic E-state index is 0.0196. The molecular weight excluding hydrogens is 348 g/mol. The van der Waals surface area contributed by atoms with Crippen molar-refractivity contribution in [1.82, 2.24) is 9.80 Å². The van der Waals surface area contributed by atoms with Gasteiger partial charge in [-0.2, -0.15) is 13.2 Å². The molecule has 0 unspecified atom stereocenters. The zero-order valence-corrected chi connectivity index (χ0v) is 14.9. The van der Waals surface area contributed by atoms with Crippen LogP contribution in [-0.4, -0.2) is 41.9 Å². The van der Waals surface area contributed by atoms with Crippen LogP contribution in [0.1, 0.15) is 43.7 Å². The molecule has 1 amide bonds. The SMILES string of the molecule is CCN1C[C@]2(CCCN(Cc3cc(F)ccc3C(F)(F)F)C2)CCC1=O. The predicted molar refractivity (Wildman–Crippen MR) is 89.8 cm³/mol. The summed E-state index contributed by atoms with van der Waals surface area (Å²) in [5.41, 5.74) is -0.852. The standard InChI is InChI=1S/C19H24F4N2O/c1-2-25-13-18(8-6-17(25)26)7-3-9-24(12-18)11-14-10-15(20)4-5-16(14)19(21,22)23/h4-5,10H,2-3,6-9,11-13H2,1H3/t18-/m1/s1. The molecule has 144 valence electrons. The van der Waals surface area contributed by atoms with E-state index >= 15 is 0 Å². The summed E-state index contributed by atoms with van der Waals surface area (Å²) in [6.45, 7) is 4.67. The van der Waals surface area contributed by atoms with Gasteiger partial charge in [-0.05, 0) is 56.5 Å². The summed E-state index contributed by atoms with van der Waals surface area (Å²) >= 11 is 0. The van der Waals surface area contributed by atoms with Crippen molar-refractivity contribution in [1.29, 1.82) is 0 Å². The number of carbonyl (C=O) groups is 1. The average molecular weight is 372 g/mol. The van der Waals surface area contributed by atoms with Gasteiger partial charge in [0.15, 0.2) is 0 Å². The second-order valence-electron chi connectivity index (χ2n) is 7.52. The smallest absolute Gasteiger partial charge is 0.342 e. The molecule has 0 aliphatic carbocycles. The molecule has 0 N–H and O–H groups in total. The molecule has 1 aromatic rings. The van der Waals surface area contributed by atoms with Gasteiger partial charge in [-0.25, -0.2) is 4.39 Å². The fraction of sp³-hybridized carbons (Fsp3) is 0.632. The summed E-state index contributed by atoms with van der Waals surface area (Å²) in [5.74, 6) is -0.500. The Morgan fingerprint density at radius 1 is 1.19 bits per heavy atom. The van der Waals surface area contributed by atoms with Crippen LogP contribution >= 0.6 is 0 Å². The van der Waals surface area contributed by atoms with Crippen molar-refractivity contribution in [2.45, 2.75) is 45.3 Å². The molecule has 1 spiro atoms. The number of carbonyl (C=O) groups excluding carboxylic acids is 1. The number of likely N-dealkylation sites (tertiary alicyclic amines) is 2. The van der Waals surface area contributed by atoms with Crippen LogP contribution in [0.15, 0.2) is 18.2 Å². The molecule has 3 nitrogen and oxygen atoms in total. The molecule has 2 aliphatic rings. The van der Waals surface area contributed by atoms with Gasteiger partial charge < -0.3 is 4.90 Å². The van der Waals surface area contributed by atoms with E-state index in [0.29, 0.717) is 32.6 Å². The van der Waals surface area contributed by atoms with Gasteiger partial charge in [-0.3, -0.25) is 9.69 Å². The molecule has 1 atom stereocenters. The van der Waals surface area contributed by atoms with E-state index in [9.17, 15) is 22.4 Å². The normalized spacial score (nSPS) is 25.1. The maximum absolute atomic E-state index is 13.5. The fourth-order valence-corrected chi connectivity index (χ4v) is 4.38. The molecule has 2 saturated heterocycles. The summed E-state index contributed by atoms with van der Waals surface area (Å²) in [6.07, 6.45) is -1.37. The van der Waals surface area contributed by atoms with Crippen molar-refractivity contribution < 1.29 is 22.4 Å². The first kappa shape index (κ1) is 19.1. The molecule has 0 radical (unpaired) electrons. The number of piperidine rings is 2. The highest BCUT2D eigenvalue weighted by molar-refractivity contribution is 5.77. The predicted octanol–water partition coefficient (Wildman–Crippen LogP) is 4.07. The van der Waals surface area contributed by atoms with Gasteiger partial charge in [0.2, 0.25) is 5.91 Å². The molecule has 2 aliphatic heterocycles. The summed E-state index contributed by atoms with van der Waals surface area (Å²) in [4.78, 5) is 15.8. The topological polar surface area (TPSA) is 23.6 Å². The van der Waals surface area contributed by atoms with Crippen LogP contribution in [-0.2, 0) is 17.5 Å². The van der Waals surface area contributed by atoms with E-state index in [-0.39, 0.29) is 23.4 Å². The highest BCUT2D eigenvalue weighted by Crippen LogP contribution is 2.40. The van der Waals surface area contributed by atoms with Crippen molar-refractivity contribution >= 4 is 5.91 Å². The molecule has 7 heteroatoms. The molecule has 2 heterocycles. The number of halogens is 4. The van der Waals surface area contributed by atoms with Crippen LogP contribution in [0.5, 0.6) is 0 Å². The van der Waals surface area contributed by atoms with E-state index in [2.05, 4.69) is 0 Å². The Morgan fingerprint density at radius 3 is 2.65 bits per heavy atom. The number of nitrogens with zero attached hydrogens (tertiary/aromatic N) is 2. The molecule has 26 heavy (non-hydrogen) atoms. The number of alkyl halides is 3. The lowest BCUT2D eigenvalue weighted by Gasteiger charge is -2.48. The van der Waals surface area contributed by atoms with Crippen LogP contribution in [0.3, 0.4) is 0 Å². The Labute approximate surface area is 151 Å². The minimum Gasteiger partial charge on any atom is -0.342 e. The fourth-order valence-electron chi connectivity index (χ4n) is 4.38. The van der Waals surface area contributed by atoms with Crippen molar-refractivity contribution in [2.75, 3.05) is 26.2 Å². The van der Waals surface area contributed by atoms with E-state index in [4.69, 9.17) is 0 Å². The van der Waals surface area contributed by atoms with Gasteiger partial charge in [0.1, 0.15) is 5.82 Å². The summed E-state index contributed by atoms with van der Waals surface area (Å²) in [5, 5.41) is 0. The zero-order chi connectivity index (χ0) is 18.9. The van der Waals surface area contributed by atoms with E-state index in [0.717, 1.165) is 37.5 Å². The van der Waals surface area contributed by atoms with Gasteiger partial charge in [0, 0.05) is 38.0 Å². The van der Waals surface area contributed by atoms with E-state index < -0.39 is 17.6 Å². The first-order valence-corrected chi connectivity index (χ1v) is 9.08. The first-order chi connectivity index (χ1) is 12.2. The maximum atomic E-state index is 13.5. The lowest BCUT2D eigenvalue weighted by Crippen LogP contribution is -2.53. The third-order valence-corrected chi connectivity index (χ3v) is 5.64. The number of benzene rings is 1. The van der Waals surface area contributed by atoms with Gasteiger partial charge in [-0.15, -0.1) is 0 Å². The van der Waals surface area contributed by atoms with Crippen molar-refractivity contribution in [3.8, 4) is 0 Å². The summed E-state index contributed by atoms with van der Waals surface area (Å²) in [6, 6.07) is 2.67. The zero-order valence-electron chi connectivity index (χ0n) is 14.9. The van der Waals surface area contributed by atoms with Crippen LogP contribution in [0, 0.1) is 11.2 Å². The van der Waals surface area contributed by atoms with Gasteiger partial charge in [0.05, 0.1) is 5.56 Å². The molecule has 0 bridgehead atoms. The Hall–Kier alpha value is -1.63. The largest absolute Gasteiger partial charge is 0.416 e. The second kappa shape index (κ2) is 7.18. The molecule has 3 rings (SSSR count). The van der Waals surface area contributed by atoms with E-state index in [1.54, 1.807) is 0 Å². The van der Waals surface area contributed by atoms with Crippen LogP contribution < -0.4 is 0 Å². The second-order valence-corrected chi connectivity index (χ2v) is 7.52. The minimum atomic E-state index is -4.49. The number of hydrogen-bond donors (Lipinski definition) is 0. The Bertz CT molecular complexity index is 676. The van der Waals surface area contributed by atoms with Crippen molar-refractivity contribution in [2.24, 2.45) is 5.41 Å². The van der Waals surface area contributed by atoms with Gasteiger partial charge in [0.25, 0.3) is 0 Å². The van der Waals surface area contributed by atoms with Crippen LogP contribution in [0.25, 0.3) is 0 Å². The highest BCUT2D eigenvalue weighted by Gasteiger charge is 2.42. The molecular formula is C19H24F4N2O. The van der Waals surface area contributed by atoms with Gasteiger partial charge >= 0.3 is 6.18 Å². The molecule has 2 fully saturated rings. The summed E-state index contributed by atoms with van der Waals surface area (Å²) in [7, 11) is 0. The van der Waals surface area contributed by atoms with Crippen LogP contribution in [0.2, 0.25) is 0 Å². The summed E-state index contributed by atoms with van der Waals surface area (Å²) < 4.78 is 53.3. The Balaban J connectivity index is 1.77. The monoisotopic (exact) mass is 372 g/mol. The van der Waals surface area contributed by atoms with Crippen LogP contribution in [0.4, 0.5) is 17.6 Å². The molecule has 1 aromatic carbocycles. The molecule has 0 saturated carbocycles. The third kappa shape index (κ3) is 4.03. The Kier molecular flexibility index (Phi) is 5.28. The third-order valence-electron chi connectivity index (χ3n) is 5.64. The lowest BCUT2D eigenvalue weighted by molar-refractivity contribution is -0.140. The lowest BCUT2D eigenvalue weighted by atomic mass is 9.73. The van der Waals surface area contributed by atoms with Gasteiger partial charge in [-0.1, -0.05) is 0 Å². The molecule has 0 aromatic heterocycles. The first-order valence-electron chi connectivity index (χ1n) is 9.08. The maximum Gasteiger partial charge on any atom is 0.416 e. The van der Waals surface area contributed by atoms with E-state index in [1.807, 2.05) is 16.7 Å². The van der Waals surface area contributed by atoms with Crippen molar-refractivity contribution in [3.63, 3.8) is 0 Å². The average Bonchev–Trinajstić information content (AvgIpc) is 2.56. The number of rotatable bonds is 3. The Morgan fingerprint density at radius 2 is 1.96 bits per heavy atom. The van der Waals surface area contributed by atoms with E-state index in [1.165, 1.54) is 0 Å². The number of hydrogen-bond acceptors (Lipinski definition) is 2.